The van der Waals surface area contributed by atoms with Gasteiger partial charge in [-0.1, -0.05) is 122 Å². The molecule has 0 saturated carbocycles. The third-order valence-electron chi connectivity index (χ3n) is 7.26. The van der Waals surface area contributed by atoms with Crippen molar-refractivity contribution >= 4 is 13.6 Å². The quantitative estimate of drug-likeness (QED) is 0.0257. The van der Waals surface area contributed by atoms with Crippen molar-refractivity contribution < 1.29 is 43.0 Å². The first-order valence-electron chi connectivity index (χ1n) is 16.0. The molecule has 0 bridgehead atoms. The number of hydrogen-bond acceptors (Lipinski definition) is 7. The molecule has 10 heteroatoms. The highest BCUT2D eigenvalue weighted by Crippen LogP contribution is 2.45. The number of ketones is 1. The molecule has 0 saturated heterocycles. The third-order valence-corrected chi connectivity index (χ3v) is 8.26. The van der Waals surface area contributed by atoms with Gasteiger partial charge in [0.2, 0.25) is 0 Å². The lowest BCUT2D eigenvalue weighted by molar-refractivity contribution is -0.870. The molecule has 0 rings (SSSR count). The van der Waals surface area contributed by atoms with Crippen LogP contribution in [0.1, 0.15) is 135 Å². The van der Waals surface area contributed by atoms with Crippen molar-refractivity contribution in [1.29, 1.82) is 0 Å². The number of aliphatic hydroxyl groups is 1. The highest BCUT2D eigenvalue weighted by molar-refractivity contribution is 7.47. The summed E-state index contributed by atoms with van der Waals surface area (Å²) in [4.78, 5) is 26.9. The summed E-state index contributed by atoms with van der Waals surface area (Å²) in [5, 5.41) is 18.5. The highest BCUT2D eigenvalue weighted by Gasteiger charge is 2.37. The maximum Gasteiger partial charge on any atom is 0.473 e. The van der Waals surface area contributed by atoms with Gasteiger partial charge in [0.15, 0.2) is 11.9 Å². The SMILES string of the molecule is CCCCCCCCCCCCCCCCCCCCCC(=O)C(OP(=O)(O)OCC[N+](C)(C)C)[C@H](CO)OO. The molecule has 0 heterocycles. The van der Waals surface area contributed by atoms with Crippen molar-refractivity contribution in [3.63, 3.8) is 0 Å². The summed E-state index contributed by atoms with van der Waals surface area (Å²) in [6.45, 7) is 1.92. The molecule has 0 aromatic carbocycles. The Morgan fingerprint density at radius 3 is 1.50 bits per heavy atom. The van der Waals surface area contributed by atoms with Crippen molar-refractivity contribution in [2.75, 3.05) is 40.9 Å². The number of aliphatic hydroxyl groups excluding tert-OH is 1. The summed E-state index contributed by atoms with van der Waals surface area (Å²) in [6.07, 6.45) is 20.9. The first-order chi connectivity index (χ1) is 19.1. The Kier molecular flexibility index (Phi) is 24.9. The zero-order chi connectivity index (χ0) is 30.1. The molecule has 40 heavy (non-hydrogen) atoms. The largest absolute Gasteiger partial charge is 0.473 e. The van der Waals surface area contributed by atoms with E-state index in [1.165, 1.54) is 96.3 Å². The van der Waals surface area contributed by atoms with Crippen LogP contribution >= 0.6 is 7.82 Å². The van der Waals surface area contributed by atoms with E-state index < -0.39 is 32.4 Å². The summed E-state index contributed by atoms with van der Waals surface area (Å²) < 4.78 is 22.9. The average molecular weight is 597 g/mol. The zero-order valence-corrected chi connectivity index (χ0v) is 27.1. The average Bonchev–Trinajstić information content (AvgIpc) is 2.89. The van der Waals surface area contributed by atoms with Gasteiger partial charge in [-0.25, -0.2) is 9.45 Å². The van der Waals surface area contributed by atoms with E-state index in [1.807, 2.05) is 21.1 Å². The number of phosphoric acid groups is 1. The molecule has 0 aliphatic heterocycles. The Hall–Kier alpha value is -0.380. The van der Waals surface area contributed by atoms with Crippen LogP contribution in [0.25, 0.3) is 0 Å². The van der Waals surface area contributed by atoms with E-state index in [0.717, 1.165) is 19.3 Å². The normalized spacial score (nSPS) is 15.2. The lowest BCUT2D eigenvalue weighted by Gasteiger charge is -2.26. The van der Waals surface area contributed by atoms with E-state index in [9.17, 15) is 19.4 Å². The van der Waals surface area contributed by atoms with Crippen LogP contribution in [-0.4, -0.2) is 78.6 Å². The molecule has 0 aliphatic rings. The Labute approximate surface area is 245 Å². The van der Waals surface area contributed by atoms with Crippen LogP contribution < -0.4 is 0 Å². The molecule has 0 amide bonds. The van der Waals surface area contributed by atoms with Crippen molar-refractivity contribution in [3.05, 3.63) is 0 Å². The van der Waals surface area contributed by atoms with Gasteiger partial charge in [0.05, 0.1) is 27.7 Å². The first-order valence-corrected chi connectivity index (χ1v) is 17.5. The molecule has 9 nitrogen and oxygen atoms in total. The van der Waals surface area contributed by atoms with Gasteiger partial charge >= 0.3 is 7.82 Å². The number of likely N-dealkylation sites (N-methyl/N-ethyl adjacent to an activating group) is 1. The Morgan fingerprint density at radius 2 is 1.15 bits per heavy atom. The molecule has 0 aromatic heterocycles. The monoisotopic (exact) mass is 596 g/mol. The van der Waals surface area contributed by atoms with Crippen molar-refractivity contribution in [3.8, 4) is 0 Å². The van der Waals surface area contributed by atoms with Gasteiger partial charge in [-0.05, 0) is 6.42 Å². The van der Waals surface area contributed by atoms with Crippen LogP contribution in [0.2, 0.25) is 0 Å². The fraction of sp³-hybridized carbons (Fsp3) is 0.967. The highest BCUT2D eigenvalue weighted by atomic mass is 31.2. The second-order valence-electron chi connectivity index (χ2n) is 12.2. The fourth-order valence-electron chi connectivity index (χ4n) is 4.64. The van der Waals surface area contributed by atoms with Crippen molar-refractivity contribution in [1.82, 2.24) is 0 Å². The van der Waals surface area contributed by atoms with Gasteiger partial charge in [-0.15, -0.1) is 0 Å². The van der Waals surface area contributed by atoms with E-state index in [2.05, 4.69) is 11.8 Å². The molecule has 240 valence electrons. The Morgan fingerprint density at radius 1 is 0.750 bits per heavy atom. The molecule has 0 aromatic rings. The number of phosphoric ester groups is 1. The number of carbonyl (C=O) groups excluding carboxylic acids is 1. The van der Waals surface area contributed by atoms with Crippen molar-refractivity contribution in [2.24, 2.45) is 0 Å². The standard InChI is InChI=1S/C30H62NO8P/c1-5-6-7-8-9-10-11-12-13-14-15-16-17-18-19-20-21-22-23-24-28(33)30(29(27-32)38-34)39-40(35,36)37-26-25-31(2,3)4/h29-30,32H,5-27H2,1-4H3,(H-,34,35,36)/p+1/t29-,30?/m0/s1. The minimum atomic E-state index is -4.58. The molecule has 3 atom stereocenters. The van der Waals surface area contributed by atoms with Crippen LogP contribution in [0, 0.1) is 0 Å². The fourth-order valence-corrected chi connectivity index (χ4v) is 5.56. The summed E-state index contributed by atoms with van der Waals surface area (Å²) in [6, 6.07) is 0. The number of quaternary nitrogens is 1. The molecule has 0 aliphatic carbocycles. The lowest BCUT2D eigenvalue weighted by atomic mass is 10.0. The van der Waals surface area contributed by atoms with Crippen LogP contribution in [0.3, 0.4) is 0 Å². The minimum absolute atomic E-state index is 0.0543. The molecule has 0 spiro atoms. The summed E-state index contributed by atoms with van der Waals surface area (Å²) in [7, 11) is 1.13. The van der Waals surface area contributed by atoms with Gasteiger partial charge in [0, 0.05) is 6.42 Å². The van der Waals surface area contributed by atoms with E-state index in [-0.39, 0.29) is 13.0 Å². The second-order valence-corrected chi connectivity index (χ2v) is 13.7. The topological polar surface area (TPSA) is 123 Å². The lowest BCUT2D eigenvalue weighted by Crippen LogP contribution is -2.40. The molecule has 0 fully saturated rings. The molecule has 3 N–H and O–H groups in total. The number of nitrogens with zero attached hydrogens (tertiary/aromatic N) is 1. The van der Waals surface area contributed by atoms with Crippen LogP contribution in [-0.2, 0) is 23.3 Å². The van der Waals surface area contributed by atoms with Gasteiger partial charge in [0.1, 0.15) is 19.3 Å². The predicted octanol–water partition coefficient (Wildman–Crippen LogP) is 7.44. The van der Waals surface area contributed by atoms with Gasteiger partial charge < -0.3 is 14.5 Å². The minimum Gasteiger partial charge on any atom is -0.393 e. The number of rotatable bonds is 30. The Balaban J connectivity index is 3.93. The van der Waals surface area contributed by atoms with Crippen molar-refractivity contribution in [2.45, 2.75) is 148 Å². The summed E-state index contributed by atoms with van der Waals surface area (Å²) in [5.74, 6) is -0.510. The summed E-state index contributed by atoms with van der Waals surface area (Å²) >= 11 is 0. The van der Waals surface area contributed by atoms with Crippen LogP contribution in [0.5, 0.6) is 0 Å². The third kappa shape index (κ3) is 24.2. The zero-order valence-electron chi connectivity index (χ0n) is 26.2. The van der Waals surface area contributed by atoms with E-state index >= 15 is 0 Å². The van der Waals surface area contributed by atoms with Crippen LogP contribution in [0.15, 0.2) is 0 Å². The number of carbonyl (C=O) groups is 1. The Bertz CT molecular complexity index is 640. The second kappa shape index (κ2) is 25.1. The van der Waals surface area contributed by atoms with Crippen LogP contribution in [0.4, 0.5) is 0 Å². The molecule has 0 radical (unpaired) electrons. The number of unbranched alkanes of at least 4 members (excludes halogenated alkanes) is 18. The predicted molar refractivity (Wildman–Crippen MR) is 161 cm³/mol. The van der Waals surface area contributed by atoms with E-state index in [0.29, 0.717) is 17.4 Å². The first kappa shape index (κ1) is 39.6. The summed E-state index contributed by atoms with van der Waals surface area (Å²) in [5.41, 5.74) is 0. The number of Topliss-reactive ketones (excluding diaryl/α,β-unsaturated/α-hetero) is 1. The van der Waals surface area contributed by atoms with Gasteiger partial charge in [-0.3, -0.25) is 19.1 Å². The molecular weight excluding hydrogens is 533 g/mol. The van der Waals surface area contributed by atoms with Gasteiger partial charge in [0.25, 0.3) is 0 Å². The maximum absolute atomic E-state index is 12.7. The smallest absolute Gasteiger partial charge is 0.393 e. The van der Waals surface area contributed by atoms with Gasteiger partial charge in [-0.2, -0.15) is 0 Å². The number of hydrogen-bond donors (Lipinski definition) is 3. The molecule has 2 unspecified atom stereocenters. The van der Waals surface area contributed by atoms with E-state index in [1.54, 1.807) is 0 Å². The maximum atomic E-state index is 12.7. The molecular formula is C30H63NO8P+. The van der Waals surface area contributed by atoms with E-state index in [4.69, 9.17) is 14.3 Å².